The minimum absolute atomic E-state index is 0.0716. The third-order valence-corrected chi connectivity index (χ3v) is 2.59. The highest BCUT2D eigenvalue weighted by atomic mass is 19.1. The second kappa shape index (κ2) is 5.95. The van der Waals surface area contributed by atoms with Gasteiger partial charge in [-0.2, -0.15) is 0 Å². The Hall–Kier alpha value is -3.03. The Labute approximate surface area is 117 Å². The lowest BCUT2D eigenvalue weighted by atomic mass is 10.2. The van der Waals surface area contributed by atoms with Crippen LogP contribution >= 0.6 is 0 Å². The summed E-state index contributed by atoms with van der Waals surface area (Å²) in [5.74, 6) is -1.57. The first-order valence-corrected chi connectivity index (χ1v) is 5.72. The number of hydrogen-bond donors (Lipinski definition) is 1. The summed E-state index contributed by atoms with van der Waals surface area (Å²) in [7, 11) is 0. The van der Waals surface area contributed by atoms with Crippen LogP contribution in [-0.2, 0) is 6.61 Å². The molecule has 0 aliphatic rings. The van der Waals surface area contributed by atoms with Crippen molar-refractivity contribution in [2.24, 2.45) is 0 Å². The van der Waals surface area contributed by atoms with E-state index in [4.69, 9.17) is 9.84 Å². The standard InChI is InChI=1S/C13H9FN2O5/c14-9-1-4-12(16(19)20)8(5-9)7-21-10-2-3-11(13(17)18)15-6-10/h1-6H,7H2,(H,17,18). The molecular formula is C13H9FN2O5. The molecule has 1 aromatic heterocycles. The number of ether oxygens (including phenoxy) is 1. The van der Waals surface area contributed by atoms with E-state index in [1.165, 1.54) is 18.3 Å². The maximum Gasteiger partial charge on any atom is 0.354 e. The van der Waals surface area contributed by atoms with Gasteiger partial charge in [0.1, 0.15) is 23.9 Å². The molecule has 0 atom stereocenters. The van der Waals surface area contributed by atoms with Gasteiger partial charge in [0, 0.05) is 6.07 Å². The molecule has 0 saturated heterocycles. The van der Waals surface area contributed by atoms with Crippen molar-refractivity contribution in [2.45, 2.75) is 6.61 Å². The van der Waals surface area contributed by atoms with Crippen LogP contribution in [0, 0.1) is 15.9 Å². The second-order valence-corrected chi connectivity index (χ2v) is 4.00. The number of hydrogen-bond acceptors (Lipinski definition) is 5. The van der Waals surface area contributed by atoms with Gasteiger partial charge in [0.25, 0.3) is 5.69 Å². The van der Waals surface area contributed by atoms with Crippen molar-refractivity contribution in [1.82, 2.24) is 4.98 Å². The number of pyridine rings is 1. The molecule has 0 bridgehead atoms. The van der Waals surface area contributed by atoms with E-state index in [1.807, 2.05) is 0 Å². The van der Waals surface area contributed by atoms with Gasteiger partial charge in [-0.3, -0.25) is 10.1 Å². The van der Waals surface area contributed by atoms with Crippen LogP contribution in [0.1, 0.15) is 16.1 Å². The van der Waals surface area contributed by atoms with E-state index in [9.17, 15) is 19.3 Å². The van der Waals surface area contributed by atoms with Gasteiger partial charge in [-0.25, -0.2) is 14.2 Å². The van der Waals surface area contributed by atoms with Gasteiger partial charge in [0.2, 0.25) is 0 Å². The van der Waals surface area contributed by atoms with Crippen molar-refractivity contribution in [2.75, 3.05) is 0 Å². The Kier molecular flexibility index (Phi) is 4.07. The predicted molar refractivity (Wildman–Crippen MR) is 68.6 cm³/mol. The van der Waals surface area contributed by atoms with E-state index in [0.29, 0.717) is 0 Å². The molecule has 8 heteroatoms. The summed E-state index contributed by atoms with van der Waals surface area (Å²) >= 11 is 0. The highest BCUT2D eigenvalue weighted by Gasteiger charge is 2.15. The molecule has 1 heterocycles. The van der Waals surface area contributed by atoms with Crippen molar-refractivity contribution in [3.8, 4) is 5.75 Å². The molecule has 7 nitrogen and oxygen atoms in total. The molecule has 108 valence electrons. The number of nitrogens with zero attached hydrogens (tertiary/aromatic N) is 2. The third kappa shape index (κ3) is 3.50. The number of aromatic nitrogens is 1. The number of benzene rings is 1. The van der Waals surface area contributed by atoms with Crippen LogP contribution in [0.25, 0.3) is 0 Å². The quantitative estimate of drug-likeness (QED) is 0.670. The zero-order chi connectivity index (χ0) is 15.4. The third-order valence-electron chi connectivity index (χ3n) is 2.59. The summed E-state index contributed by atoms with van der Waals surface area (Å²) in [6.45, 7) is -0.234. The molecule has 2 aromatic rings. The topological polar surface area (TPSA) is 103 Å². The lowest BCUT2D eigenvalue weighted by molar-refractivity contribution is -0.385. The Balaban J connectivity index is 2.14. The molecule has 0 fully saturated rings. The van der Waals surface area contributed by atoms with Crippen molar-refractivity contribution >= 4 is 11.7 Å². The molecule has 0 saturated carbocycles. The van der Waals surface area contributed by atoms with Gasteiger partial charge < -0.3 is 9.84 Å². The number of halogens is 1. The Morgan fingerprint density at radius 3 is 2.71 bits per heavy atom. The van der Waals surface area contributed by atoms with Crippen LogP contribution in [0.2, 0.25) is 0 Å². The van der Waals surface area contributed by atoms with Gasteiger partial charge in [-0.05, 0) is 24.3 Å². The first-order valence-electron chi connectivity index (χ1n) is 5.72. The predicted octanol–water partition coefficient (Wildman–Crippen LogP) is 2.41. The van der Waals surface area contributed by atoms with E-state index < -0.39 is 16.7 Å². The number of nitro benzene ring substituents is 1. The maximum atomic E-state index is 13.1. The molecular weight excluding hydrogens is 283 g/mol. The van der Waals surface area contributed by atoms with E-state index in [1.54, 1.807) is 0 Å². The number of rotatable bonds is 5. The largest absolute Gasteiger partial charge is 0.487 e. The molecule has 2 rings (SSSR count). The molecule has 0 radical (unpaired) electrons. The first kappa shape index (κ1) is 14.4. The molecule has 1 N–H and O–H groups in total. The number of nitro groups is 1. The molecule has 0 unspecified atom stereocenters. The van der Waals surface area contributed by atoms with Gasteiger partial charge in [0.15, 0.2) is 0 Å². The molecule has 0 aliphatic heterocycles. The number of carboxylic acid groups (broad SMARTS) is 1. The fourth-order valence-electron chi connectivity index (χ4n) is 1.60. The van der Waals surface area contributed by atoms with Gasteiger partial charge >= 0.3 is 5.97 Å². The van der Waals surface area contributed by atoms with Crippen LogP contribution in [0.4, 0.5) is 10.1 Å². The van der Waals surface area contributed by atoms with Crippen molar-refractivity contribution in [3.05, 3.63) is 63.7 Å². The highest BCUT2D eigenvalue weighted by Crippen LogP contribution is 2.21. The fourth-order valence-corrected chi connectivity index (χ4v) is 1.60. The van der Waals surface area contributed by atoms with Crippen LogP contribution in [0.3, 0.4) is 0 Å². The highest BCUT2D eigenvalue weighted by molar-refractivity contribution is 5.85. The van der Waals surface area contributed by atoms with Crippen molar-refractivity contribution < 1.29 is 24.0 Å². The second-order valence-electron chi connectivity index (χ2n) is 4.00. The summed E-state index contributed by atoms with van der Waals surface area (Å²) in [6, 6.07) is 5.65. The van der Waals surface area contributed by atoms with Crippen LogP contribution in [-0.4, -0.2) is 21.0 Å². The number of carboxylic acids is 1. The number of aromatic carboxylic acids is 1. The van der Waals surface area contributed by atoms with Gasteiger partial charge in [0.05, 0.1) is 16.7 Å². The summed E-state index contributed by atoms with van der Waals surface area (Å²) in [6.07, 6.45) is 1.18. The summed E-state index contributed by atoms with van der Waals surface area (Å²) < 4.78 is 18.4. The summed E-state index contributed by atoms with van der Waals surface area (Å²) in [5.41, 5.74) is -0.340. The summed E-state index contributed by atoms with van der Waals surface area (Å²) in [4.78, 5) is 24.4. The average Bonchev–Trinajstić information content (AvgIpc) is 2.45. The number of carbonyl (C=O) groups is 1. The van der Waals surface area contributed by atoms with Gasteiger partial charge in [-0.15, -0.1) is 0 Å². The van der Waals surface area contributed by atoms with Crippen molar-refractivity contribution in [3.63, 3.8) is 0 Å². The zero-order valence-electron chi connectivity index (χ0n) is 10.5. The lowest BCUT2D eigenvalue weighted by Gasteiger charge is -2.07. The molecule has 1 aromatic carbocycles. The summed E-state index contributed by atoms with van der Waals surface area (Å²) in [5, 5.41) is 19.5. The van der Waals surface area contributed by atoms with Gasteiger partial charge in [-0.1, -0.05) is 0 Å². The zero-order valence-corrected chi connectivity index (χ0v) is 10.5. The minimum atomic E-state index is -1.18. The normalized spacial score (nSPS) is 10.1. The monoisotopic (exact) mass is 292 g/mol. The van der Waals surface area contributed by atoms with Crippen LogP contribution < -0.4 is 4.74 Å². The molecule has 0 aliphatic carbocycles. The van der Waals surface area contributed by atoms with E-state index in [-0.39, 0.29) is 29.3 Å². The maximum absolute atomic E-state index is 13.1. The smallest absolute Gasteiger partial charge is 0.354 e. The fraction of sp³-hybridized carbons (Fsp3) is 0.0769. The van der Waals surface area contributed by atoms with Crippen LogP contribution in [0.5, 0.6) is 5.75 Å². The van der Waals surface area contributed by atoms with E-state index in [0.717, 1.165) is 18.2 Å². The lowest BCUT2D eigenvalue weighted by Crippen LogP contribution is -2.03. The SMILES string of the molecule is O=C(O)c1ccc(OCc2cc(F)ccc2[N+](=O)[O-])cn1. The van der Waals surface area contributed by atoms with Crippen molar-refractivity contribution in [1.29, 1.82) is 0 Å². The van der Waals surface area contributed by atoms with E-state index in [2.05, 4.69) is 4.98 Å². The Bertz CT molecular complexity index is 687. The molecule has 21 heavy (non-hydrogen) atoms. The Morgan fingerprint density at radius 1 is 1.38 bits per heavy atom. The minimum Gasteiger partial charge on any atom is -0.487 e. The molecule has 0 amide bonds. The van der Waals surface area contributed by atoms with E-state index >= 15 is 0 Å². The molecule has 0 spiro atoms. The first-order chi connectivity index (χ1) is 9.97. The average molecular weight is 292 g/mol. The van der Waals surface area contributed by atoms with Crippen LogP contribution in [0.15, 0.2) is 36.5 Å². The Morgan fingerprint density at radius 2 is 2.14 bits per heavy atom.